The van der Waals surface area contributed by atoms with Crippen LogP contribution in [0.25, 0.3) is 0 Å². The smallest absolute Gasteiger partial charge is 0.181 e. The molecule has 1 aliphatic rings. The summed E-state index contributed by atoms with van der Waals surface area (Å²) in [4.78, 5) is 0. The minimum Gasteiger partial charge on any atom is -0.497 e. The van der Waals surface area contributed by atoms with Gasteiger partial charge in [0.15, 0.2) is 6.29 Å². The molecular weight excluding hydrogens is 532 g/mol. The molecule has 0 bridgehead atoms. The lowest BCUT2D eigenvalue weighted by atomic mass is 10.1. The summed E-state index contributed by atoms with van der Waals surface area (Å²) in [6.07, 6.45) is -0.628. The largest absolute Gasteiger partial charge is 0.497 e. The van der Waals surface area contributed by atoms with Crippen molar-refractivity contribution in [1.29, 1.82) is 0 Å². The predicted molar refractivity (Wildman–Crippen MR) is 144 cm³/mol. The Balaban J connectivity index is 1.60. The Morgan fingerprint density at radius 3 is 1.77 bits per heavy atom. The number of ether oxygens (including phenoxy) is 10. The van der Waals surface area contributed by atoms with E-state index < -0.39 is 6.29 Å². The molecule has 0 saturated carbocycles. The van der Waals surface area contributed by atoms with Crippen molar-refractivity contribution in [3.05, 3.63) is 52.5 Å². The van der Waals surface area contributed by atoms with E-state index >= 15 is 0 Å². The minimum atomic E-state index is -0.628. The molecular formula is C28H39ClO10. The van der Waals surface area contributed by atoms with Gasteiger partial charge in [0.1, 0.15) is 23.9 Å². The Hall–Kier alpha value is -2.15. The van der Waals surface area contributed by atoms with E-state index in [1.807, 2.05) is 24.3 Å². The lowest BCUT2D eigenvalue weighted by Gasteiger charge is -2.21. The minimum absolute atomic E-state index is 0.199. The maximum Gasteiger partial charge on any atom is 0.181 e. The Labute approximate surface area is 235 Å². The molecule has 1 atom stereocenters. The first-order valence-corrected chi connectivity index (χ1v) is 13.3. The van der Waals surface area contributed by atoms with E-state index in [4.69, 9.17) is 59.0 Å². The van der Waals surface area contributed by atoms with Crippen molar-refractivity contribution >= 4 is 11.6 Å². The van der Waals surface area contributed by atoms with Gasteiger partial charge in [-0.05, 0) is 36.4 Å². The van der Waals surface area contributed by atoms with Crippen LogP contribution >= 0.6 is 11.6 Å². The topological polar surface area (TPSA) is 92.3 Å². The van der Waals surface area contributed by atoms with Crippen LogP contribution < -0.4 is 14.2 Å². The highest BCUT2D eigenvalue weighted by atomic mass is 35.5. The van der Waals surface area contributed by atoms with Gasteiger partial charge in [0.05, 0.1) is 93.5 Å². The monoisotopic (exact) mass is 570 g/mol. The molecule has 1 aliphatic heterocycles. The van der Waals surface area contributed by atoms with Gasteiger partial charge >= 0.3 is 0 Å². The number of rotatable bonds is 8. The molecule has 10 nitrogen and oxygen atoms in total. The molecule has 1 unspecified atom stereocenters. The average molecular weight is 571 g/mol. The number of hydrogen-bond donors (Lipinski definition) is 0. The number of benzene rings is 2. The molecule has 218 valence electrons. The van der Waals surface area contributed by atoms with E-state index in [9.17, 15) is 0 Å². The lowest BCUT2D eigenvalue weighted by Crippen LogP contribution is -2.26. The summed E-state index contributed by atoms with van der Waals surface area (Å²) in [7, 11) is 3.22. The van der Waals surface area contributed by atoms with Crippen molar-refractivity contribution < 1.29 is 47.4 Å². The second kappa shape index (κ2) is 19.0. The molecule has 39 heavy (non-hydrogen) atoms. The van der Waals surface area contributed by atoms with Gasteiger partial charge in [-0.3, -0.25) is 0 Å². The fraction of sp³-hybridized carbons (Fsp3) is 0.571. The van der Waals surface area contributed by atoms with Gasteiger partial charge in [-0.2, -0.15) is 0 Å². The molecule has 1 heterocycles. The quantitative estimate of drug-likeness (QED) is 0.465. The third kappa shape index (κ3) is 12.3. The normalized spacial score (nSPS) is 19.0. The van der Waals surface area contributed by atoms with Gasteiger partial charge in [0, 0.05) is 16.1 Å². The highest BCUT2D eigenvalue weighted by Gasteiger charge is 2.17. The van der Waals surface area contributed by atoms with E-state index in [-0.39, 0.29) is 19.8 Å². The third-order valence-electron chi connectivity index (χ3n) is 5.56. The molecule has 0 amide bonds. The van der Waals surface area contributed by atoms with Crippen molar-refractivity contribution in [2.24, 2.45) is 0 Å². The summed E-state index contributed by atoms with van der Waals surface area (Å²) in [5.74, 6) is 1.99. The van der Waals surface area contributed by atoms with E-state index in [0.717, 1.165) is 11.1 Å². The Bertz CT molecular complexity index is 909. The predicted octanol–water partition coefficient (Wildman–Crippen LogP) is 3.89. The van der Waals surface area contributed by atoms with Crippen LogP contribution in [-0.2, 0) is 46.4 Å². The lowest BCUT2D eigenvalue weighted by molar-refractivity contribution is -0.186. The molecule has 0 spiro atoms. The number of methoxy groups -OCH3 is 2. The van der Waals surface area contributed by atoms with Gasteiger partial charge in [-0.15, -0.1) is 0 Å². The summed E-state index contributed by atoms with van der Waals surface area (Å²) in [6, 6.07) is 10.9. The SMILES string of the molecule is COc1cc(COc2ccc(Cl)cc2)c(OC)c(COC2COCCOCCOCCOCCOCCO2)c1. The van der Waals surface area contributed by atoms with Crippen LogP contribution in [0.5, 0.6) is 17.2 Å². The van der Waals surface area contributed by atoms with Gasteiger partial charge in [-0.1, -0.05) is 11.6 Å². The van der Waals surface area contributed by atoms with Gasteiger partial charge in [-0.25, -0.2) is 0 Å². The fourth-order valence-corrected chi connectivity index (χ4v) is 3.76. The van der Waals surface area contributed by atoms with E-state index in [1.165, 1.54) is 0 Å². The molecule has 0 aliphatic carbocycles. The standard InChI is InChI=1S/C28H39ClO10/c1-30-26-17-22(19-38-25-5-3-24(29)4-6-25)28(31-2)23(18-26)20-39-27-21-36-14-13-34-10-9-32-7-8-33-11-12-35-15-16-37-27/h3-6,17-18,27H,7-16,19-21H2,1-2H3. The summed E-state index contributed by atoms with van der Waals surface area (Å²) in [5.41, 5.74) is 1.59. The average Bonchev–Trinajstić information content (AvgIpc) is 2.95. The molecule has 1 fully saturated rings. The third-order valence-corrected chi connectivity index (χ3v) is 5.81. The Kier molecular flexibility index (Phi) is 15.3. The highest BCUT2D eigenvalue weighted by Crippen LogP contribution is 2.31. The Morgan fingerprint density at radius 1 is 0.667 bits per heavy atom. The first kappa shape index (κ1) is 31.4. The number of hydrogen-bond acceptors (Lipinski definition) is 10. The molecule has 0 aromatic heterocycles. The van der Waals surface area contributed by atoms with E-state index in [1.54, 1.807) is 26.4 Å². The summed E-state index contributed by atoms with van der Waals surface area (Å²) < 4.78 is 57.0. The first-order chi connectivity index (χ1) is 19.2. The van der Waals surface area contributed by atoms with Crippen molar-refractivity contribution in [3.63, 3.8) is 0 Å². The van der Waals surface area contributed by atoms with E-state index in [2.05, 4.69) is 0 Å². The molecule has 0 radical (unpaired) electrons. The second-order valence-electron chi connectivity index (χ2n) is 8.36. The van der Waals surface area contributed by atoms with Crippen LogP contribution in [0.4, 0.5) is 0 Å². The molecule has 2 aromatic rings. The summed E-state index contributed by atoms with van der Waals surface area (Å²) >= 11 is 5.98. The van der Waals surface area contributed by atoms with Crippen LogP contribution in [0, 0.1) is 0 Å². The highest BCUT2D eigenvalue weighted by molar-refractivity contribution is 6.30. The molecule has 11 heteroatoms. The van der Waals surface area contributed by atoms with Crippen molar-refractivity contribution in [1.82, 2.24) is 0 Å². The van der Waals surface area contributed by atoms with Crippen LogP contribution in [-0.4, -0.2) is 93.2 Å². The van der Waals surface area contributed by atoms with Gasteiger partial charge in [0.2, 0.25) is 0 Å². The van der Waals surface area contributed by atoms with Crippen molar-refractivity contribution in [2.45, 2.75) is 19.5 Å². The van der Waals surface area contributed by atoms with Crippen molar-refractivity contribution in [2.75, 3.05) is 86.9 Å². The summed E-state index contributed by atoms with van der Waals surface area (Å²) in [5, 5.41) is 0.643. The van der Waals surface area contributed by atoms with Crippen LogP contribution in [0.3, 0.4) is 0 Å². The van der Waals surface area contributed by atoms with Gasteiger partial charge in [0.25, 0.3) is 0 Å². The molecule has 3 rings (SSSR count). The van der Waals surface area contributed by atoms with Crippen molar-refractivity contribution in [3.8, 4) is 17.2 Å². The molecule has 2 aromatic carbocycles. The molecule has 1 saturated heterocycles. The number of halogens is 1. The summed E-state index contributed by atoms with van der Waals surface area (Å²) in [6.45, 7) is 5.26. The van der Waals surface area contributed by atoms with Crippen LogP contribution in [0.1, 0.15) is 11.1 Å². The van der Waals surface area contributed by atoms with Crippen LogP contribution in [0.15, 0.2) is 36.4 Å². The Morgan fingerprint density at radius 2 is 1.21 bits per heavy atom. The maximum absolute atomic E-state index is 6.10. The zero-order valence-corrected chi connectivity index (χ0v) is 23.5. The zero-order chi connectivity index (χ0) is 27.5. The fourth-order valence-electron chi connectivity index (χ4n) is 3.63. The zero-order valence-electron chi connectivity index (χ0n) is 22.7. The maximum atomic E-state index is 6.10. The van der Waals surface area contributed by atoms with Gasteiger partial charge < -0.3 is 47.4 Å². The van der Waals surface area contributed by atoms with E-state index in [0.29, 0.717) is 88.3 Å². The van der Waals surface area contributed by atoms with Crippen LogP contribution in [0.2, 0.25) is 5.02 Å². The molecule has 0 N–H and O–H groups in total. The first-order valence-electron chi connectivity index (χ1n) is 12.9. The second-order valence-corrected chi connectivity index (χ2v) is 8.79.